The van der Waals surface area contributed by atoms with Gasteiger partial charge in [0, 0.05) is 12.1 Å². The van der Waals surface area contributed by atoms with Crippen LogP contribution in [0.4, 0.5) is 26.3 Å². The van der Waals surface area contributed by atoms with Crippen molar-refractivity contribution in [2.45, 2.75) is 19.3 Å². The largest absolute Gasteiger partial charge is 0.574 e. The molecule has 0 unspecified atom stereocenters. The Kier molecular flexibility index (Phi) is 3.81. The zero-order valence-electron chi connectivity index (χ0n) is 8.06. The maximum Gasteiger partial charge on any atom is 0.574 e. The van der Waals surface area contributed by atoms with Crippen molar-refractivity contribution in [1.82, 2.24) is 4.98 Å². The van der Waals surface area contributed by atoms with E-state index in [1.165, 1.54) is 0 Å². The molecule has 1 heterocycles. The van der Waals surface area contributed by atoms with Crippen LogP contribution < -0.4 is 10.5 Å². The summed E-state index contributed by atoms with van der Waals surface area (Å²) in [5.41, 5.74) is 3.42. The number of hydrogen-bond donors (Lipinski definition) is 1. The minimum atomic E-state index is -5.23. The van der Waals surface area contributed by atoms with Crippen LogP contribution in [0.25, 0.3) is 0 Å². The second-order valence-corrected chi connectivity index (χ2v) is 2.89. The summed E-state index contributed by atoms with van der Waals surface area (Å²) in [5.74, 6) is -2.89. The van der Waals surface area contributed by atoms with Crippen molar-refractivity contribution in [3.8, 4) is 5.88 Å². The fraction of sp³-hybridized carbons (Fsp3) is 0.375. The summed E-state index contributed by atoms with van der Waals surface area (Å²) >= 11 is 0. The third-order valence-electron chi connectivity index (χ3n) is 1.71. The average molecular weight is 260 g/mol. The van der Waals surface area contributed by atoms with E-state index in [0.717, 1.165) is 0 Å². The number of rotatable bonds is 3. The molecule has 0 aliphatic rings. The molecule has 2 N–H and O–H groups in total. The molecule has 0 saturated heterocycles. The van der Waals surface area contributed by atoms with Crippen LogP contribution in [0.15, 0.2) is 6.07 Å². The topological polar surface area (TPSA) is 48.1 Å². The van der Waals surface area contributed by atoms with Crippen molar-refractivity contribution in [2.24, 2.45) is 5.73 Å². The minimum absolute atomic E-state index is 0.421. The molecule has 1 aromatic heterocycles. The number of aromatic nitrogens is 1. The molecule has 1 aromatic rings. The highest BCUT2D eigenvalue weighted by molar-refractivity contribution is 5.32. The van der Waals surface area contributed by atoms with E-state index in [0.29, 0.717) is 6.07 Å². The number of nitrogens with two attached hydrogens (primary N) is 1. The molecule has 3 nitrogen and oxygen atoms in total. The Labute approximate surface area is 91.2 Å². The molecular weight excluding hydrogens is 254 g/mol. The summed E-state index contributed by atoms with van der Waals surface area (Å²) in [6.45, 7) is -0.467. The molecule has 0 amide bonds. The lowest BCUT2D eigenvalue weighted by Gasteiger charge is -2.13. The van der Waals surface area contributed by atoms with Gasteiger partial charge < -0.3 is 10.5 Å². The van der Waals surface area contributed by atoms with Gasteiger partial charge in [0.2, 0.25) is 11.8 Å². The molecule has 0 bridgehead atoms. The summed E-state index contributed by atoms with van der Waals surface area (Å²) in [6, 6.07) is 0.494. The van der Waals surface area contributed by atoms with Crippen molar-refractivity contribution in [1.29, 1.82) is 0 Å². The fourth-order valence-corrected chi connectivity index (χ4v) is 1.03. The quantitative estimate of drug-likeness (QED) is 0.671. The van der Waals surface area contributed by atoms with Crippen molar-refractivity contribution < 1.29 is 31.1 Å². The first-order valence-electron chi connectivity index (χ1n) is 4.18. The van der Waals surface area contributed by atoms with Crippen LogP contribution >= 0.6 is 0 Å². The first kappa shape index (κ1) is 13.6. The van der Waals surface area contributed by atoms with Gasteiger partial charge >= 0.3 is 6.36 Å². The third kappa shape index (κ3) is 3.48. The summed E-state index contributed by atoms with van der Waals surface area (Å²) in [4.78, 5) is 2.68. The van der Waals surface area contributed by atoms with E-state index in [9.17, 15) is 26.3 Å². The molecule has 0 aromatic carbocycles. The zero-order valence-corrected chi connectivity index (χ0v) is 8.06. The summed E-state index contributed by atoms with van der Waals surface area (Å²) in [5, 5.41) is 0. The van der Waals surface area contributed by atoms with Gasteiger partial charge in [-0.15, -0.1) is 13.2 Å². The molecule has 0 atom stereocenters. The monoisotopic (exact) mass is 260 g/mol. The Morgan fingerprint density at radius 1 is 1.35 bits per heavy atom. The standard InChI is InChI=1S/C8H6F6N2O/c9-5(10)4-1-3(2-15)6(11)16-7(4)17-8(12,13)14/h1,5H,2,15H2. The SMILES string of the molecule is NCc1cc(C(F)F)c(OC(F)(F)F)nc1F. The van der Waals surface area contributed by atoms with Gasteiger partial charge in [-0.05, 0) is 6.07 Å². The molecule has 1 rings (SSSR count). The summed E-state index contributed by atoms with van der Waals surface area (Å²) in [6.07, 6.45) is -8.52. The third-order valence-corrected chi connectivity index (χ3v) is 1.71. The highest BCUT2D eigenvalue weighted by atomic mass is 19.4. The Morgan fingerprint density at radius 3 is 2.35 bits per heavy atom. The Balaban J connectivity index is 3.23. The first-order chi connectivity index (χ1) is 7.74. The van der Waals surface area contributed by atoms with Gasteiger partial charge in [0.15, 0.2) is 0 Å². The number of pyridine rings is 1. The maximum atomic E-state index is 13.0. The van der Waals surface area contributed by atoms with Crippen LogP contribution in [0.2, 0.25) is 0 Å². The Morgan fingerprint density at radius 2 is 1.94 bits per heavy atom. The normalized spacial score (nSPS) is 12.0. The van der Waals surface area contributed by atoms with Crippen LogP contribution in [-0.2, 0) is 6.54 Å². The van der Waals surface area contributed by atoms with Crippen molar-refractivity contribution in [3.05, 3.63) is 23.1 Å². The number of hydrogen-bond acceptors (Lipinski definition) is 3. The van der Waals surface area contributed by atoms with E-state index in [2.05, 4.69) is 9.72 Å². The van der Waals surface area contributed by atoms with Gasteiger partial charge in [-0.3, -0.25) is 0 Å². The van der Waals surface area contributed by atoms with Crippen molar-refractivity contribution in [2.75, 3.05) is 0 Å². The number of nitrogens with zero attached hydrogens (tertiary/aromatic N) is 1. The second kappa shape index (κ2) is 4.78. The van der Waals surface area contributed by atoms with Gasteiger partial charge in [0.25, 0.3) is 6.43 Å². The highest BCUT2D eigenvalue weighted by Gasteiger charge is 2.34. The molecule has 0 aliphatic heterocycles. The molecule has 96 valence electrons. The van der Waals surface area contributed by atoms with E-state index in [4.69, 9.17) is 5.73 Å². The van der Waals surface area contributed by atoms with E-state index in [1.807, 2.05) is 0 Å². The summed E-state index contributed by atoms with van der Waals surface area (Å²) < 4.78 is 76.5. The van der Waals surface area contributed by atoms with Crippen LogP contribution in [0.5, 0.6) is 5.88 Å². The van der Waals surface area contributed by atoms with E-state index in [1.54, 1.807) is 0 Å². The predicted octanol–water partition coefficient (Wildman–Crippen LogP) is 2.52. The van der Waals surface area contributed by atoms with Gasteiger partial charge in [-0.1, -0.05) is 0 Å². The van der Waals surface area contributed by atoms with E-state index in [-0.39, 0.29) is 0 Å². The lowest BCUT2D eigenvalue weighted by Crippen LogP contribution is -2.20. The molecule has 0 spiro atoms. The minimum Gasteiger partial charge on any atom is -0.387 e. The average Bonchev–Trinajstić information content (AvgIpc) is 2.14. The van der Waals surface area contributed by atoms with Crippen molar-refractivity contribution >= 4 is 0 Å². The van der Waals surface area contributed by atoms with E-state index < -0.39 is 42.3 Å². The number of halogens is 6. The van der Waals surface area contributed by atoms with Crippen molar-refractivity contribution in [3.63, 3.8) is 0 Å². The number of ether oxygens (including phenoxy) is 1. The number of alkyl halides is 5. The molecule has 0 aliphatic carbocycles. The van der Waals surface area contributed by atoms with Crippen LogP contribution in [-0.4, -0.2) is 11.3 Å². The highest BCUT2D eigenvalue weighted by Crippen LogP contribution is 2.32. The van der Waals surface area contributed by atoms with Gasteiger partial charge in [-0.25, -0.2) is 8.78 Å². The van der Waals surface area contributed by atoms with Gasteiger partial charge in [0.1, 0.15) is 0 Å². The molecule has 0 fully saturated rings. The lowest BCUT2D eigenvalue weighted by atomic mass is 10.2. The van der Waals surface area contributed by atoms with E-state index >= 15 is 0 Å². The first-order valence-corrected chi connectivity index (χ1v) is 4.18. The van der Waals surface area contributed by atoms with Crippen LogP contribution in [0.1, 0.15) is 17.6 Å². The molecule has 17 heavy (non-hydrogen) atoms. The van der Waals surface area contributed by atoms with Gasteiger partial charge in [0.05, 0.1) is 5.56 Å². The zero-order chi connectivity index (χ0) is 13.2. The predicted molar refractivity (Wildman–Crippen MR) is 43.7 cm³/mol. The maximum absolute atomic E-state index is 13.0. The van der Waals surface area contributed by atoms with Gasteiger partial charge in [-0.2, -0.15) is 9.37 Å². The Bertz CT molecular complexity index is 406. The molecule has 0 saturated carbocycles. The summed E-state index contributed by atoms with van der Waals surface area (Å²) in [7, 11) is 0. The Hall–Kier alpha value is -1.51. The molecular formula is C8H6F6N2O. The smallest absolute Gasteiger partial charge is 0.387 e. The second-order valence-electron chi connectivity index (χ2n) is 2.89. The van der Waals surface area contributed by atoms with Crippen LogP contribution in [0.3, 0.4) is 0 Å². The molecule has 9 heteroatoms. The molecule has 0 radical (unpaired) electrons. The lowest BCUT2D eigenvalue weighted by molar-refractivity contribution is -0.276. The fourth-order valence-electron chi connectivity index (χ4n) is 1.03. The van der Waals surface area contributed by atoms with Crippen LogP contribution in [0, 0.1) is 5.95 Å².